The fourth-order valence-electron chi connectivity index (χ4n) is 4.75. The highest BCUT2D eigenvalue weighted by Gasteiger charge is 2.29. The number of benzene rings is 1. The van der Waals surface area contributed by atoms with Crippen LogP contribution >= 0.6 is 15.9 Å². The number of amides is 1. The highest BCUT2D eigenvalue weighted by atomic mass is 79.9. The van der Waals surface area contributed by atoms with Crippen LogP contribution in [0.2, 0.25) is 0 Å². The molecule has 0 unspecified atom stereocenters. The van der Waals surface area contributed by atoms with Crippen molar-refractivity contribution in [2.45, 2.75) is 44.8 Å². The largest absolute Gasteiger partial charge is 0.433 e. The maximum Gasteiger partial charge on any atom is 0.394 e. The molecule has 1 amide bonds. The standard InChI is InChI=1S/C27H27BrF2N6O3/c1-15(37)26(38)35-11-9-17(10-12-35)23-22(28)24(31)36-25(34-23)20(14-33-36)18-5-8-21(32-13-18)16-3-6-19(7-4-16)39-27(2,29)30/h3-8,13-15,17,37H,9-12,31H2,1-2H3/t15-/m1/s1. The molecule has 0 saturated carbocycles. The number of nitrogens with two attached hydrogens (primary N) is 1. The molecule has 1 aliphatic heterocycles. The Hall–Kier alpha value is -3.64. The van der Waals surface area contributed by atoms with Crippen molar-refractivity contribution in [2.24, 2.45) is 0 Å². The molecule has 4 aromatic rings. The van der Waals surface area contributed by atoms with Crippen molar-refractivity contribution in [1.82, 2.24) is 24.5 Å². The van der Waals surface area contributed by atoms with Gasteiger partial charge in [-0.2, -0.15) is 18.4 Å². The Morgan fingerprint density at radius 1 is 1.15 bits per heavy atom. The number of aliphatic hydroxyl groups is 1. The molecule has 0 aliphatic carbocycles. The molecular weight excluding hydrogens is 574 g/mol. The summed E-state index contributed by atoms with van der Waals surface area (Å²) in [7, 11) is 0. The van der Waals surface area contributed by atoms with Gasteiger partial charge in [-0.05, 0) is 66.0 Å². The summed E-state index contributed by atoms with van der Waals surface area (Å²) >= 11 is 3.59. The number of carbonyl (C=O) groups is 1. The molecule has 1 fully saturated rings. The molecule has 0 radical (unpaired) electrons. The number of fused-ring (bicyclic) bond motifs is 1. The minimum atomic E-state index is -3.25. The lowest BCUT2D eigenvalue weighted by molar-refractivity contribution is -0.158. The number of hydrogen-bond acceptors (Lipinski definition) is 7. The van der Waals surface area contributed by atoms with Crippen LogP contribution < -0.4 is 10.5 Å². The zero-order valence-corrected chi connectivity index (χ0v) is 22.9. The lowest BCUT2D eigenvalue weighted by atomic mass is 9.93. The molecule has 1 saturated heterocycles. The molecule has 39 heavy (non-hydrogen) atoms. The van der Waals surface area contributed by atoms with Crippen molar-refractivity contribution in [3.63, 3.8) is 0 Å². The van der Waals surface area contributed by atoms with Gasteiger partial charge in [0.15, 0.2) is 5.65 Å². The van der Waals surface area contributed by atoms with E-state index < -0.39 is 12.2 Å². The number of alkyl halides is 2. The number of nitrogens with zero attached hydrogens (tertiary/aromatic N) is 5. The smallest absolute Gasteiger partial charge is 0.394 e. The van der Waals surface area contributed by atoms with Gasteiger partial charge in [0.2, 0.25) is 0 Å². The van der Waals surface area contributed by atoms with E-state index in [2.05, 4.69) is 30.7 Å². The molecule has 3 aromatic heterocycles. The van der Waals surface area contributed by atoms with Crippen molar-refractivity contribution >= 4 is 33.3 Å². The number of likely N-dealkylation sites (tertiary alicyclic amines) is 1. The molecule has 0 spiro atoms. The van der Waals surface area contributed by atoms with Gasteiger partial charge in [0.25, 0.3) is 5.91 Å². The third-order valence-corrected chi connectivity index (χ3v) is 7.53. The molecule has 1 aliphatic rings. The number of pyridine rings is 1. The minimum absolute atomic E-state index is 0.0695. The molecule has 9 nitrogen and oxygen atoms in total. The van der Waals surface area contributed by atoms with E-state index in [4.69, 9.17) is 10.7 Å². The van der Waals surface area contributed by atoms with E-state index in [1.54, 1.807) is 33.9 Å². The van der Waals surface area contributed by atoms with E-state index in [0.29, 0.717) is 54.5 Å². The topological polar surface area (TPSA) is 119 Å². The Bertz CT molecular complexity index is 1500. The maximum absolute atomic E-state index is 13.1. The lowest BCUT2D eigenvalue weighted by Crippen LogP contribution is -2.42. The van der Waals surface area contributed by atoms with Gasteiger partial charge in [0.05, 0.1) is 22.1 Å². The van der Waals surface area contributed by atoms with Crippen LogP contribution in [-0.2, 0) is 4.79 Å². The molecular formula is C27H27BrF2N6O3. The molecule has 12 heteroatoms. The normalized spacial score (nSPS) is 15.5. The van der Waals surface area contributed by atoms with Gasteiger partial charge >= 0.3 is 6.11 Å². The summed E-state index contributed by atoms with van der Waals surface area (Å²) in [6, 6.07) is 10.0. The second-order valence-electron chi connectivity index (χ2n) is 9.63. The Morgan fingerprint density at radius 3 is 2.41 bits per heavy atom. The maximum atomic E-state index is 13.1. The van der Waals surface area contributed by atoms with Gasteiger partial charge in [-0.3, -0.25) is 9.78 Å². The van der Waals surface area contributed by atoms with E-state index in [-0.39, 0.29) is 17.6 Å². The van der Waals surface area contributed by atoms with Crippen molar-refractivity contribution in [1.29, 1.82) is 0 Å². The van der Waals surface area contributed by atoms with Gasteiger partial charge in [0.1, 0.15) is 17.7 Å². The first-order chi connectivity index (χ1) is 18.5. The Balaban J connectivity index is 1.40. The number of piperidine rings is 1. The van der Waals surface area contributed by atoms with Crippen LogP contribution in [0.3, 0.4) is 0 Å². The van der Waals surface area contributed by atoms with Gasteiger partial charge in [0, 0.05) is 48.8 Å². The fourth-order valence-corrected chi connectivity index (χ4v) is 5.33. The summed E-state index contributed by atoms with van der Waals surface area (Å²) in [6.07, 6.45) is 0.509. The number of nitrogen functional groups attached to an aromatic ring is 1. The molecule has 0 bridgehead atoms. The minimum Gasteiger partial charge on any atom is -0.433 e. The fraction of sp³-hybridized carbons (Fsp3) is 0.333. The highest BCUT2D eigenvalue weighted by molar-refractivity contribution is 9.10. The molecule has 3 N–H and O–H groups in total. The van der Waals surface area contributed by atoms with E-state index in [1.165, 1.54) is 19.1 Å². The predicted molar refractivity (Wildman–Crippen MR) is 145 cm³/mol. The Kier molecular flexibility index (Phi) is 7.25. The summed E-state index contributed by atoms with van der Waals surface area (Å²) < 4.78 is 33.0. The summed E-state index contributed by atoms with van der Waals surface area (Å²) in [6.45, 7) is 3.22. The lowest BCUT2D eigenvalue weighted by Gasteiger charge is -2.33. The van der Waals surface area contributed by atoms with Crippen molar-refractivity contribution < 1.29 is 23.4 Å². The Labute approximate surface area is 231 Å². The third-order valence-electron chi connectivity index (χ3n) is 6.72. The SMILES string of the molecule is C[C@@H](O)C(=O)N1CCC(c2nc3c(-c4ccc(-c5ccc(OC(C)(F)F)cc5)nc4)cnn3c(N)c2Br)CC1. The Morgan fingerprint density at radius 2 is 1.82 bits per heavy atom. The van der Waals surface area contributed by atoms with Crippen LogP contribution in [0.1, 0.15) is 38.3 Å². The average Bonchev–Trinajstić information content (AvgIpc) is 3.34. The van der Waals surface area contributed by atoms with Crippen molar-refractivity contribution in [2.75, 3.05) is 18.8 Å². The first-order valence-corrected chi connectivity index (χ1v) is 13.2. The number of anilines is 1. The van der Waals surface area contributed by atoms with Gasteiger partial charge in [-0.25, -0.2) is 4.98 Å². The number of hydrogen-bond donors (Lipinski definition) is 2. The number of ether oxygens (including phenoxy) is 1. The summed E-state index contributed by atoms with van der Waals surface area (Å²) in [5, 5.41) is 14.1. The van der Waals surface area contributed by atoms with E-state index in [9.17, 15) is 18.7 Å². The number of rotatable bonds is 6. The first-order valence-electron chi connectivity index (χ1n) is 12.4. The van der Waals surface area contributed by atoms with Crippen LogP contribution in [-0.4, -0.2) is 60.8 Å². The van der Waals surface area contributed by atoms with Crippen molar-refractivity contribution in [3.05, 3.63) is 59.0 Å². The van der Waals surface area contributed by atoms with Crippen molar-refractivity contribution in [3.8, 4) is 28.1 Å². The second-order valence-corrected chi connectivity index (χ2v) is 10.4. The third kappa shape index (κ3) is 5.57. The molecule has 5 rings (SSSR count). The first kappa shape index (κ1) is 26.9. The quantitative estimate of drug-likeness (QED) is 0.324. The molecule has 4 heterocycles. The van der Waals surface area contributed by atoms with Crippen LogP contribution in [0.25, 0.3) is 28.0 Å². The zero-order valence-electron chi connectivity index (χ0n) is 21.3. The summed E-state index contributed by atoms with van der Waals surface area (Å²) in [4.78, 5) is 23.3. The van der Waals surface area contributed by atoms with Crippen LogP contribution in [0.5, 0.6) is 5.75 Å². The number of aromatic nitrogens is 4. The van der Waals surface area contributed by atoms with Crippen LogP contribution in [0.15, 0.2) is 53.3 Å². The summed E-state index contributed by atoms with van der Waals surface area (Å²) in [5.41, 5.74) is 10.8. The van der Waals surface area contributed by atoms with E-state index >= 15 is 0 Å². The van der Waals surface area contributed by atoms with Gasteiger partial charge in [-0.1, -0.05) is 6.07 Å². The molecule has 204 valence electrons. The molecule has 1 aromatic carbocycles. The van der Waals surface area contributed by atoms with E-state index in [1.807, 2.05) is 12.1 Å². The average molecular weight is 601 g/mol. The number of aliphatic hydroxyl groups excluding tert-OH is 1. The number of halogens is 3. The van der Waals surface area contributed by atoms with Crippen LogP contribution in [0, 0.1) is 0 Å². The van der Waals surface area contributed by atoms with Crippen LogP contribution in [0.4, 0.5) is 14.6 Å². The predicted octanol–water partition coefficient (Wildman–Crippen LogP) is 4.88. The highest BCUT2D eigenvalue weighted by Crippen LogP contribution is 2.37. The second kappa shape index (κ2) is 10.5. The summed E-state index contributed by atoms with van der Waals surface area (Å²) in [5.74, 6) is 0.303. The zero-order chi connectivity index (χ0) is 27.9. The molecule has 1 atom stereocenters. The monoisotopic (exact) mass is 600 g/mol. The number of carbonyl (C=O) groups excluding carboxylic acids is 1. The van der Waals surface area contributed by atoms with E-state index in [0.717, 1.165) is 22.4 Å². The van der Waals surface area contributed by atoms with Gasteiger partial charge < -0.3 is 20.5 Å². The van der Waals surface area contributed by atoms with Gasteiger partial charge in [-0.15, -0.1) is 0 Å².